The molecule has 2 aromatic rings. The van der Waals surface area contributed by atoms with E-state index < -0.39 is 10.0 Å². The number of rotatable bonds is 6. The molecule has 0 aliphatic carbocycles. The Morgan fingerprint density at radius 3 is 2.67 bits per heavy atom. The molecular formula is C21H27ClN2O2S. The fourth-order valence-corrected chi connectivity index (χ4v) is 4.94. The van der Waals surface area contributed by atoms with E-state index in [-0.39, 0.29) is 6.04 Å². The van der Waals surface area contributed by atoms with Gasteiger partial charge in [0.2, 0.25) is 10.0 Å². The predicted molar refractivity (Wildman–Crippen MR) is 111 cm³/mol. The van der Waals surface area contributed by atoms with E-state index in [9.17, 15) is 8.42 Å². The molecule has 4 nitrogen and oxygen atoms in total. The number of piperidine rings is 1. The summed E-state index contributed by atoms with van der Waals surface area (Å²) in [6.07, 6.45) is 2.11. The van der Waals surface area contributed by atoms with Gasteiger partial charge in [0.25, 0.3) is 0 Å². The Morgan fingerprint density at radius 2 is 1.96 bits per heavy atom. The number of nitrogens with one attached hydrogen (secondary N) is 1. The highest BCUT2D eigenvalue weighted by molar-refractivity contribution is 7.89. The van der Waals surface area contributed by atoms with Crippen LogP contribution in [0.4, 0.5) is 0 Å². The van der Waals surface area contributed by atoms with Crippen molar-refractivity contribution in [2.24, 2.45) is 5.92 Å². The summed E-state index contributed by atoms with van der Waals surface area (Å²) in [5.41, 5.74) is 2.25. The number of nitrogens with zero attached hydrogens (tertiary/aromatic N) is 1. The van der Waals surface area contributed by atoms with Crippen LogP contribution in [-0.4, -0.2) is 33.0 Å². The van der Waals surface area contributed by atoms with Crippen LogP contribution >= 0.6 is 11.6 Å². The molecule has 1 heterocycles. The van der Waals surface area contributed by atoms with E-state index in [0.29, 0.717) is 17.4 Å². The van der Waals surface area contributed by atoms with Crippen molar-refractivity contribution in [3.05, 3.63) is 64.7 Å². The number of likely N-dealkylation sites (tertiary alicyclic amines) is 1. The first kappa shape index (κ1) is 20.3. The molecule has 2 unspecified atom stereocenters. The van der Waals surface area contributed by atoms with E-state index in [1.165, 1.54) is 5.56 Å². The molecule has 1 aliphatic rings. The van der Waals surface area contributed by atoms with Crippen molar-refractivity contribution >= 4 is 21.6 Å². The van der Waals surface area contributed by atoms with Crippen LogP contribution in [0.25, 0.3) is 0 Å². The molecular weight excluding hydrogens is 380 g/mol. The number of hydrogen-bond acceptors (Lipinski definition) is 3. The van der Waals surface area contributed by atoms with E-state index in [2.05, 4.69) is 22.6 Å². The minimum Gasteiger partial charge on any atom is -0.296 e. The maximum absolute atomic E-state index is 12.5. The van der Waals surface area contributed by atoms with E-state index in [1.807, 2.05) is 37.3 Å². The number of benzene rings is 2. The number of sulfonamides is 1. The predicted octanol–water partition coefficient (Wildman–Crippen LogP) is 4.40. The zero-order valence-electron chi connectivity index (χ0n) is 15.9. The highest BCUT2D eigenvalue weighted by atomic mass is 35.5. The first-order valence-corrected chi connectivity index (χ1v) is 11.3. The van der Waals surface area contributed by atoms with Crippen LogP contribution in [0.2, 0.25) is 5.02 Å². The topological polar surface area (TPSA) is 49.4 Å². The summed E-state index contributed by atoms with van der Waals surface area (Å²) >= 11 is 6.13. The molecule has 0 aromatic heterocycles. The molecule has 1 aliphatic heterocycles. The molecule has 0 amide bonds. The van der Waals surface area contributed by atoms with Crippen molar-refractivity contribution in [3.63, 3.8) is 0 Å². The van der Waals surface area contributed by atoms with E-state index in [0.717, 1.165) is 36.5 Å². The van der Waals surface area contributed by atoms with Crippen LogP contribution < -0.4 is 4.72 Å². The van der Waals surface area contributed by atoms with Gasteiger partial charge in [0, 0.05) is 24.2 Å². The summed E-state index contributed by atoms with van der Waals surface area (Å²) in [6.45, 7) is 6.50. The maximum atomic E-state index is 12.5. The van der Waals surface area contributed by atoms with Crippen molar-refractivity contribution in [2.75, 3.05) is 19.6 Å². The Morgan fingerprint density at radius 1 is 1.22 bits per heavy atom. The summed E-state index contributed by atoms with van der Waals surface area (Å²) in [5.74, 6) is 0.306. The average Bonchev–Trinajstić information content (AvgIpc) is 2.66. The average molecular weight is 407 g/mol. The van der Waals surface area contributed by atoms with Gasteiger partial charge in [-0.25, -0.2) is 13.1 Å². The summed E-state index contributed by atoms with van der Waals surface area (Å²) < 4.78 is 27.8. The van der Waals surface area contributed by atoms with Crippen molar-refractivity contribution in [1.29, 1.82) is 0 Å². The van der Waals surface area contributed by atoms with Gasteiger partial charge in [-0.05, 0) is 69.0 Å². The Hall–Kier alpha value is -1.40. The molecule has 1 fully saturated rings. The molecule has 2 aromatic carbocycles. The second-order valence-corrected chi connectivity index (χ2v) is 9.60. The summed E-state index contributed by atoms with van der Waals surface area (Å²) in [5, 5.41) is 0.749. The Balaban J connectivity index is 1.60. The maximum Gasteiger partial charge on any atom is 0.240 e. The van der Waals surface area contributed by atoms with E-state index >= 15 is 0 Å². The van der Waals surface area contributed by atoms with Gasteiger partial charge in [-0.15, -0.1) is 0 Å². The Kier molecular flexibility index (Phi) is 6.58. The van der Waals surface area contributed by atoms with Gasteiger partial charge in [-0.1, -0.05) is 41.4 Å². The van der Waals surface area contributed by atoms with E-state index in [1.54, 1.807) is 12.1 Å². The number of aryl methyl sites for hydroxylation is 1. The van der Waals surface area contributed by atoms with Gasteiger partial charge in [-0.3, -0.25) is 4.90 Å². The van der Waals surface area contributed by atoms with Crippen LogP contribution in [-0.2, 0) is 10.0 Å². The molecule has 146 valence electrons. The Bertz CT molecular complexity index is 868. The van der Waals surface area contributed by atoms with Gasteiger partial charge in [-0.2, -0.15) is 0 Å². The van der Waals surface area contributed by atoms with Crippen LogP contribution in [0, 0.1) is 12.8 Å². The second kappa shape index (κ2) is 8.74. The molecule has 27 heavy (non-hydrogen) atoms. The van der Waals surface area contributed by atoms with Crippen LogP contribution in [0.1, 0.15) is 36.9 Å². The molecule has 0 bridgehead atoms. The molecule has 0 saturated carbocycles. The molecule has 3 rings (SSSR count). The summed E-state index contributed by atoms with van der Waals surface area (Å²) in [7, 11) is -3.46. The van der Waals surface area contributed by atoms with Crippen LogP contribution in [0.5, 0.6) is 0 Å². The third-order valence-corrected chi connectivity index (χ3v) is 7.00. The van der Waals surface area contributed by atoms with E-state index in [4.69, 9.17) is 11.6 Å². The minimum atomic E-state index is -3.46. The largest absolute Gasteiger partial charge is 0.296 e. The van der Waals surface area contributed by atoms with Crippen molar-refractivity contribution < 1.29 is 8.42 Å². The lowest BCUT2D eigenvalue weighted by molar-refractivity contribution is 0.133. The standard InChI is InChI=1S/C21H27ClN2O2S/c1-16-8-10-21(11-9-16)27(25,26)23-14-18-5-4-12-24(15-18)17(2)19-6-3-7-20(22)13-19/h3,6-11,13,17-18,23H,4-5,12,14-15H2,1-2H3. The molecule has 2 atom stereocenters. The van der Waals surface area contributed by atoms with Crippen LogP contribution in [0.15, 0.2) is 53.4 Å². The third-order valence-electron chi connectivity index (χ3n) is 5.32. The SMILES string of the molecule is Cc1ccc(S(=O)(=O)NCC2CCCN(C(C)c3cccc(Cl)c3)C2)cc1. The number of hydrogen-bond donors (Lipinski definition) is 1. The quantitative estimate of drug-likeness (QED) is 0.773. The fraction of sp³-hybridized carbons (Fsp3) is 0.429. The number of halogens is 1. The highest BCUT2D eigenvalue weighted by Crippen LogP contribution is 2.28. The summed E-state index contributed by atoms with van der Waals surface area (Å²) in [4.78, 5) is 2.74. The van der Waals surface area contributed by atoms with Crippen LogP contribution in [0.3, 0.4) is 0 Å². The summed E-state index contributed by atoms with van der Waals surface area (Å²) in [6, 6.07) is 15.2. The Labute approximate surface area is 167 Å². The lowest BCUT2D eigenvalue weighted by atomic mass is 9.95. The lowest BCUT2D eigenvalue weighted by Gasteiger charge is -2.37. The first-order chi connectivity index (χ1) is 12.8. The van der Waals surface area contributed by atoms with Gasteiger partial charge in [0.05, 0.1) is 4.90 Å². The molecule has 0 spiro atoms. The zero-order chi connectivity index (χ0) is 19.4. The van der Waals surface area contributed by atoms with Crippen molar-refractivity contribution in [1.82, 2.24) is 9.62 Å². The molecule has 0 radical (unpaired) electrons. The zero-order valence-corrected chi connectivity index (χ0v) is 17.4. The molecule has 1 saturated heterocycles. The smallest absolute Gasteiger partial charge is 0.240 e. The van der Waals surface area contributed by atoms with Gasteiger partial charge in [0.1, 0.15) is 0 Å². The first-order valence-electron chi connectivity index (χ1n) is 9.41. The monoisotopic (exact) mass is 406 g/mol. The van der Waals surface area contributed by atoms with Gasteiger partial charge < -0.3 is 0 Å². The van der Waals surface area contributed by atoms with Gasteiger partial charge >= 0.3 is 0 Å². The molecule has 6 heteroatoms. The minimum absolute atomic E-state index is 0.264. The second-order valence-electron chi connectivity index (χ2n) is 7.40. The third kappa shape index (κ3) is 5.32. The molecule has 1 N–H and O–H groups in total. The fourth-order valence-electron chi connectivity index (χ4n) is 3.62. The highest BCUT2D eigenvalue weighted by Gasteiger charge is 2.26. The van der Waals surface area contributed by atoms with Gasteiger partial charge in [0.15, 0.2) is 0 Å². The van der Waals surface area contributed by atoms with Crippen molar-refractivity contribution in [3.8, 4) is 0 Å². The van der Waals surface area contributed by atoms with Crippen molar-refractivity contribution in [2.45, 2.75) is 37.6 Å². The normalized spacial score (nSPS) is 19.7. The lowest BCUT2D eigenvalue weighted by Crippen LogP contribution is -2.41.